The van der Waals surface area contributed by atoms with E-state index < -0.39 is 10.0 Å². The number of carbonyl (C=O) groups is 1. The van der Waals surface area contributed by atoms with Gasteiger partial charge in [-0.2, -0.15) is 0 Å². The van der Waals surface area contributed by atoms with E-state index in [1.807, 2.05) is 39.0 Å². The Bertz CT molecular complexity index is 1430. The van der Waals surface area contributed by atoms with E-state index in [-0.39, 0.29) is 16.1 Å². The van der Waals surface area contributed by atoms with Crippen molar-refractivity contribution in [1.82, 2.24) is 4.98 Å². The van der Waals surface area contributed by atoms with Crippen molar-refractivity contribution in [3.05, 3.63) is 72.3 Å². The van der Waals surface area contributed by atoms with Crippen molar-refractivity contribution in [2.75, 3.05) is 16.6 Å². The molecule has 1 unspecified atom stereocenters. The monoisotopic (exact) mass is 527 g/mol. The van der Waals surface area contributed by atoms with Crippen LogP contribution < -0.4 is 14.8 Å². The van der Waals surface area contributed by atoms with E-state index in [0.717, 1.165) is 26.4 Å². The van der Waals surface area contributed by atoms with Crippen LogP contribution in [0.2, 0.25) is 0 Å². The summed E-state index contributed by atoms with van der Waals surface area (Å²) in [5.41, 5.74) is 2.24. The number of aryl methyl sites for hydroxylation is 1. The number of nitrogens with one attached hydrogen (secondary N) is 2. The van der Waals surface area contributed by atoms with Crippen LogP contribution in [0.4, 0.5) is 10.8 Å². The maximum absolute atomic E-state index is 12.7. The molecule has 0 fully saturated rings. The van der Waals surface area contributed by atoms with Crippen LogP contribution >= 0.6 is 23.1 Å². The molecule has 0 aliphatic heterocycles. The summed E-state index contributed by atoms with van der Waals surface area (Å²) < 4.78 is 34.2. The first-order valence-electron chi connectivity index (χ1n) is 10.9. The highest BCUT2D eigenvalue weighted by Gasteiger charge is 2.18. The lowest BCUT2D eigenvalue weighted by atomic mass is 10.2. The van der Waals surface area contributed by atoms with E-state index in [2.05, 4.69) is 15.0 Å². The molecule has 4 rings (SSSR count). The molecule has 0 aliphatic carbocycles. The van der Waals surface area contributed by atoms with Crippen LogP contribution in [0.15, 0.2) is 76.5 Å². The van der Waals surface area contributed by atoms with Gasteiger partial charge >= 0.3 is 0 Å². The van der Waals surface area contributed by atoms with Gasteiger partial charge in [-0.15, -0.1) is 11.8 Å². The highest BCUT2D eigenvalue weighted by atomic mass is 32.2. The Morgan fingerprint density at radius 3 is 2.49 bits per heavy atom. The maximum Gasteiger partial charge on any atom is 0.261 e. The number of thioether (sulfide) groups is 1. The summed E-state index contributed by atoms with van der Waals surface area (Å²) in [5.74, 6) is 0.610. The topological polar surface area (TPSA) is 97.4 Å². The fraction of sp³-hybridized carbons (Fsp3) is 0.200. The van der Waals surface area contributed by atoms with Crippen LogP contribution in [0.5, 0.6) is 5.75 Å². The number of anilines is 2. The largest absolute Gasteiger partial charge is 0.494 e. The number of thiazole rings is 1. The minimum atomic E-state index is -3.67. The van der Waals surface area contributed by atoms with Crippen molar-refractivity contribution >= 4 is 60.1 Å². The first-order valence-corrected chi connectivity index (χ1v) is 14.1. The average Bonchev–Trinajstić information content (AvgIpc) is 3.22. The van der Waals surface area contributed by atoms with E-state index in [1.54, 1.807) is 48.5 Å². The lowest BCUT2D eigenvalue weighted by molar-refractivity contribution is -0.115. The smallest absolute Gasteiger partial charge is 0.261 e. The zero-order valence-electron chi connectivity index (χ0n) is 19.4. The first-order chi connectivity index (χ1) is 16.7. The minimum Gasteiger partial charge on any atom is -0.494 e. The molecule has 0 aliphatic rings. The molecule has 0 bridgehead atoms. The van der Waals surface area contributed by atoms with Gasteiger partial charge in [-0.25, -0.2) is 13.4 Å². The molecular weight excluding hydrogens is 502 g/mol. The van der Waals surface area contributed by atoms with Crippen molar-refractivity contribution in [3.63, 3.8) is 0 Å². The van der Waals surface area contributed by atoms with Crippen LogP contribution in [-0.2, 0) is 14.8 Å². The fourth-order valence-electron chi connectivity index (χ4n) is 3.21. The summed E-state index contributed by atoms with van der Waals surface area (Å²) in [7, 11) is -3.67. The first kappa shape index (κ1) is 25.0. The Balaban J connectivity index is 1.36. The normalized spacial score (nSPS) is 12.3. The average molecular weight is 528 g/mol. The number of benzene rings is 3. The standard InChI is InChI=1S/C25H25N3O4S3/c1-4-32-19-9-14-22-23(15-19)34-25(26-22)27-24(29)17(3)33-20-10-7-18(8-11-20)28-35(30,31)21-12-5-16(2)6-13-21/h5-15,17,28H,4H2,1-3H3,(H,26,27,29). The molecule has 2 N–H and O–H groups in total. The van der Waals surface area contributed by atoms with Crippen molar-refractivity contribution in [1.29, 1.82) is 0 Å². The molecule has 0 saturated carbocycles. The van der Waals surface area contributed by atoms with Crippen LogP contribution in [-0.4, -0.2) is 31.2 Å². The van der Waals surface area contributed by atoms with Crippen molar-refractivity contribution in [3.8, 4) is 5.75 Å². The fourth-order valence-corrected chi connectivity index (χ4v) is 6.04. The number of sulfonamides is 1. The third-order valence-electron chi connectivity index (χ3n) is 5.02. The summed E-state index contributed by atoms with van der Waals surface area (Å²) in [6.45, 7) is 6.23. The van der Waals surface area contributed by atoms with Gasteiger partial charge in [0.2, 0.25) is 5.91 Å². The molecule has 35 heavy (non-hydrogen) atoms. The summed E-state index contributed by atoms with van der Waals surface area (Å²) in [4.78, 5) is 18.2. The third kappa shape index (κ3) is 6.33. The molecule has 0 saturated heterocycles. The van der Waals surface area contributed by atoms with E-state index >= 15 is 0 Å². The van der Waals surface area contributed by atoms with E-state index in [0.29, 0.717) is 17.4 Å². The lowest BCUT2D eigenvalue weighted by Crippen LogP contribution is -2.22. The molecule has 182 valence electrons. The number of rotatable bonds is 9. The van der Waals surface area contributed by atoms with E-state index in [9.17, 15) is 13.2 Å². The Morgan fingerprint density at radius 2 is 1.80 bits per heavy atom. The summed E-state index contributed by atoms with van der Waals surface area (Å²) in [6, 6.07) is 19.3. The van der Waals surface area contributed by atoms with Crippen LogP contribution in [0.1, 0.15) is 19.4 Å². The molecule has 4 aromatic rings. The van der Waals surface area contributed by atoms with E-state index in [4.69, 9.17) is 4.74 Å². The quantitative estimate of drug-likeness (QED) is 0.262. The molecule has 10 heteroatoms. The van der Waals surface area contributed by atoms with Gasteiger partial charge in [-0.3, -0.25) is 9.52 Å². The van der Waals surface area contributed by atoms with Crippen LogP contribution in [0.25, 0.3) is 10.2 Å². The zero-order valence-corrected chi connectivity index (χ0v) is 21.9. The predicted octanol–water partition coefficient (Wildman–Crippen LogP) is 5.92. The predicted molar refractivity (Wildman–Crippen MR) is 143 cm³/mol. The van der Waals surface area contributed by atoms with Gasteiger partial charge in [0.25, 0.3) is 10.0 Å². The molecule has 1 amide bonds. The van der Waals surface area contributed by atoms with Crippen LogP contribution in [0, 0.1) is 6.92 Å². The van der Waals surface area contributed by atoms with Gasteiger partial charge < -0.3 is 10.1 Å². The number of aromatic nitrogens is 1. The second kappa shape index (κ2) is 10.7. The van der Waals surface area contributed by atoms with Gasteiger partial charge in [0.15, 0.2) is 5.13 Å². The van der Waals surface area contributed by atoms with Gasteiger partial charge in [-0.1, -0.05) is 29.0 Å². The molecule has 1 atom stereocenters. The SMILES string of the molecule is CCOc1ccc2nc(NC(=O)C(C)Sc3ccc(NS(=O)(=O)c4ccc(C)cc4)cc3)sc2c1. The number of fused-ring (bicyclic) bond motifs is 1. The molecule has 0 spiro atoms. The number of ether oxygens (including phenoxy) is 1. The molecule has 0 radical (unpaired) electrons. The van der Waals surface area contributed by atoms with Gasteiger partial charge in [0.1, 0.15) is 5.75 Å². The zero-order chi connectivity index (χ0) is 25.0. The number of hydrogen-bond acceptors (Lipinski definition) is 7. The minimum absolute atomic E-state index is 0.164. The molecule has 1 aromatic heterocycles. The maximum atomic E-state index is 12.7. The van der Waals surface area contributed by atoms with Crippen LogP contribution in [0.3, 0.4) is 0 Å². The summed E-state index contributed by atoms with van der Waals surface area (Å²) >= 11 is 2.78. The highest BCUT2D eigenvalue weighted by Crippen LogP contribution is 2.31. The number of carbonyl (C=O) groups excluding carboxylic acids is 1. The van der Waals surface area contributed by atoms with E-state index in [1.165, 1.54) is 23.1 Å². The lowest BCUT2D eigenvalue weighted by Gasteiger charge is -2.12. The second-order valence-electron chi connectivity index (χ2n) is 7.77. The number of hydrogen-bond donors (Lipinski definition) is 2. The highest BCUT2D eigenvalue weighted by molar-refractivity contribution is 8.00. The Morgan fingerprint density at radius 1 is 1.09 bits per heavy atom. The Kier molecular flexibility index (Phi) is 7.63. The van der Waals surface area contributed by atoms with Gasteiger partial charge in [0, 0.05) is 10.6 Å². The third-order valence-corrected chi connectivity index (χ3v) is 8.46. The number of amides is 1. The summed E-state index contributed by atoms with van der Waals surface area (Å²) in [5, 5.41) is 3.04. The van der Waals surface area contributed by atoms with Gasteiger partial charge in [0.05, 0.1) is 27.0 Å². The van der Waals surface area contributed by atoms with Crippen molar-refractivity contribution in [2.45, 2.75) is 35.8 Å². The summed E-state index contributed by atoms with van der Waals surface area (Å²) in [6.07, 6.45) is 0. The molecular formula is C25H25N3O4S3. The van der Waals surface area contributed by atoms with Crippen molar-refractivity contribution in [2.24, 2.45) is 0 Å². The molecule has 7 nitrogen and oxygen atoms in total. The molecule has 3 aromatic carbocycles. The van der Waals surface area contributed by atoms with Gasteiger partial charge in [-0.05, 0) is 75.4 Å². The Labute approximate surface area is 213 Å². The second-order valence-corrected chi connectivity index (χ2v) is 11.9. The molecule has 1 heterocycles. The number of nitrogens with zero attached hydrogens (tertiary/aromatic N) is 1. The van der Waals surface area contributed by atoms with Crippen molar-refractivity contribution < 1.29 is 17.9 Å². The Hall–Kier alpha value is -3.08.